The minimum absolute atomic E-state index is 0.236. The van der Waals surface area contributed by atoms with E-state index in [1.165, 1.54) is 4.57 Å². The first-order valence-electron chi connectivity index (χ1n) is 8.89. The van der Waals surface area contributed by atoms with Crippen molar-refractivity contribution in [1.82, 2.24) is 9.13 Å². The van der Waals surface area contributed by atoms with E-state index in [-0.39, 0.29) is 17.8 Å². The van der Waals surface area contributed by atoms with Gasteiger partial charge in [-0.3, -0.25) is 13.9 Å². The monoisotopic (exact) mass is 356 g/mol. The van der Waals surface area contributed by atoms with Gasteiger partial charge >= 0.3 is 5.69 Å². The number of rotatable bonds is 4. The van der Waals surface area contributed by atoms with Crippen molar-refractivity contribution in [3.8, 4) is 0 Å². The van der Waals surface area contributed by atoms with Gasteiger partial charge in [0, 0.05) is 6.54 Å². The smallest absolute Gasteiger partial charge is 0.289 e. The summed E-state index contributed by atoms with van der Waals surface area (Å²) in [5, 5.41) is 2.68. The molecular weight excluding hydrogens is 336 g/mol. The lowest BCUT2D eigenvalue weighted by molar-refractivity contribution is 0.633. The lowest BCUT2D eigenvalue weighted by Gasteiger charge is -2.15. The van der Waals surface area contributed by atoms with Gasteiger partial charge in [-0.2, -0.15) is 0 Å². The molecule has 27 heavy (non-hydrogen) atoms. The van der Waals surface area contributed by atoms with Crippen LogP contribution in [-0.2, 0) is 13.1 Å². The molecule has 3 aromatic carbocycles. The number of allylic oxidation sites excluding steroid dienone is 1. The third-order valence-corrected chi connectivity index (χ3v) is 4.77. The third-order valence-electron chi connectivity index (χ3n) is 4.77. The molecule has 4 aromatic rings. The molecule has 0 saturated heterocycles. The summed E-state index contributed by atoms with van der Waals surface area (Å²) in [6.07, 6.45) is 0. The zero-order valence-electron chi connectivity index (χ0n) is 15.2. The summed E-state index contributed by atoms with van der Waals surface area (Å²) in [5.74, 6) is 0. The molecule has 0 amide bonds. The van der Waals surface area contributed by atoms with Crippen LogP contribution in [0.2, 0.25) is 0 Å². The van der Waals surface area contributed by atoms with E-state index < -0.39 is 0 Å². The summed E-state index contributed by atoms with van der Waals surface area (Å²) in [6, 6.07) is 21.2. The van der Waals surface area contributed by atoms with Crippen LogP contribution in [0.4, 0.5) is 0 Å². The number of hydrogen-bond donors (Lipinski definition) is 0. The Balaban J connectivity index is 1.98. The van der Waals surface area contributed by atoms with Crippen LogP contribution in [0.1, 0.15) is 12.5 Å². The summed E-state index contributed by atoms with van der Waals surface area (Å²) >= 11 is 0. The molecule has 0 radical (unpaired) electrons. The summed E-state index contributed by atoms with van der Waals surface area (Å²) in [4.78, 5) is 26.2. The topological polar surface area (TPSA) is 44.0 Å². The lowest BCUT2D eigenvalue weighted by atomic mass is 10.0. The Morgan fingerprint density at radius 1 is 0.852 bits per heavy atom. The molecule has 0 spiro atoms. The van der Waals surface area contributed by atoms with Crippen molar-refractivity contribution >= 4 is 21.7 Å². The largest absolute Gasteiger partial charge is 0.332 e. The number of benzene rings is 3. The molecule has 0 fully saturated rings. The first-order chi connectivity index (χ1) is 13.1. The minimum Gasteiger partial charge on any atom is -0.289 e. The predicted octanol–water partition coefficient (Wildman–Crippen LogP) is 3.94. The number of fused-ring (bicyclic) bond motifs is 2. The average molecular weight is 356 g/mol. The van der Waals surface area contributed by atoms with Crippen LogP contribution >= 0.6 is 0 Å². The Morgan fingerprint density at radius 3 is 2.30 bits per heavy atom. The van der Waals surface area contributed by atoms with Crippen LogP contribution in [-0.4, -0.2) is 9.13 Å². The third kappa shape index (κ3) is 2.99. The molecule has 0 saturated carbocycles. The molecule has 0 aliphatic heterocycles. The standard InChI is InChI=1S/C23H20N2O2/c1-16(2)14-24-21-13-6-5-12-20(21)22(26)25(23(24)27)15-18-10-7-9-17-8-3-4-11-19(17)18/h3-13H,1,14-15H2,2H3. The fourth-order valence-corrected chi connectivity index (χ4v) is 3.53. The molecule has 0 bridgehead atoms. The van der Waals surface area contributed by atoms with Crippen molar-refractivity contribution in [2.45, 2.75) is 20.0 Å². The number of aromatic nitrogens is 2. The maximum atomic E-state index is 13.2. The highest BCUT2D eigenvalue weighted by atomic mass is 16.2. The number of para-hydroxylation sites is 1. The van der Waals surface area contributed by atoms with E-state index in [0.29, 0.717) is 17.4 Å². The van der Waals surface area contributed by atoms with Crippen molar-refractivity contribution in [3.05, 3.63) is 105 Å². The highest BCUT2D eigenvalue weighted by molar-refractivity contribution is 5.85. The van der Waals surface area contributed by atoms with Crippen molar-refractivity contribution in [2.24, 2.45) is 0 Å². The van der Waals surface area contributed by atoms with Gasteiger partial charge in [0.15, 0.2) is 0 Å². The van der Waals surface area contributed by atoms with Crippen LogP contribution in [0.15, 0.2) is 88.5 Å². The van der Waals surface area contributed by atoms with Gasteiger partial charge in [0.2, 0.25) is 0 Å². The summed E-state index contributed by atoms with van der Waals surface area (Å²) in [6.45, 7) is 6.42. The fraction of sp³-hybridized carbons (Fsp3) is 0.130. The van der Waals surface area contributed by atoms with Crippen molar-refractivity contribution in [3.63, 3.8) is 0 Å². The highest BCUT2D eigenvalue weighted by Crippen LogP contribution is 2.19. The molecule has 134 valence electrons. The second-order valence-corrected chi connectivity index (χ2v) is 6.87. The normalized spacial score (nSPS) is 11.1. The SMILES string of the molecule is C=C(C)Cn1c(=O)n(Cc2cccc3ccccc23)c(=O)c2ccccc21. The fourth-order valence-electron chi connectivity index (χ4n) is 3.53. The molecular formula is C23H20N2O2. The van der Waals surface area contributed by atoms with Gasteiger partial charge < -0.3 is 0 Å². The van der Waals surface area contributed by atoms with Gasteiger partial charge in [-0.05, 0) is 35.4 Å². The highest BCUT2D eigenvalue weighted by Gasteiger charge is 2.14. The van der Waals surface area contributed by atoms with Crippen LogP contribution in [0.5, 0.6) is 0 Å². The second kappa shape index (κ2) is 6.72. The van der Waals surface area contributed by atoms with Gasteiger partial charge in [0.25, 0.3) is 5.56 Å². The van der Waals surface area contributed by atoms with E-state index >= 15 is 0 Å². The van der Waals surface area contributed by atoms with Crippen molar-refractivity contribution < 1.29 is 0 Å². The molecule has 4 rings (SSSR count). The Morgan fingerprint density at radius 2 is 1.52 bits per heavy atom. The zero-order valence-corrected chi connectivity index (χ0v) is 15.2. The Hall–Kier alpha value is -3.40. The van der Waals surface area contributed by atoms with Gasteiger partial charge in [-0.25, -0.2) is 4.79 Å². The molecule has 0 aliphatic carbocycles. The van der Waals surface area contributed by atoms with Crippen LogP contribution in [0, 0.1) is 0 Å². The zero-order chi connectivity index (χ0) is 19.0. The van der Waals surface area contributed by atoms with Crippen molar-refractivity contribution in [1.29, 1.82) is 0 Å². The van der Waals surface area contributed by atoms with Gasteiger partial charge in [-0.15, -0.1) is 0 Å². The minimum atomic E-state index is -0.311. The summed E-state index contributed by atoms with van der Waals surface area (Å²) in [5.41, 5.74) is 1.88. The molecule has 1 aromatic heterocycles. The lowest BCUT2D eigenvalue weighted by Crippen LogP contribution is -2.40. The van der Waals surface area contributed by atoms with Crippen LogP contribution in [0.3, 0.4) is 0 Å². The Labute approximate surface area is 156 Å². The van der Waals surface area contributed by atoms with Gasteiger partial charge in [0.05, 0.1) is 17.4 Å². The summed E-state index contributed by atoms with van der Waals surface area (Å²) in [7, 11) is 0. The van der Waals surface area contributed by atoms with Gasteiger partial charge in [-0.1, -0.05) is 66.7 Å². The molecule has 4 heteroatoms. The van der Waals surface area contributed by atoms with Crippen molar-refractivity contribution in [2.75, 3.05) is 0 Å². The van der Waals surface area contributed by atoms with Gasteiger partial charge in [0.1, 0.15) is 0 Å². The first-order valence-corrected chi connectivity index (χ1v) is 8.89. The first kappa shape index (κ1) is 17.0. The maximum absolute atomic E-state index is 13.2. The van der Waals surface area contributed by atoms with E-state index in [0.717, 1.165) is 21.9 Å². The molecule has 0 aliphatic rings. The summed E-state index contributed by atoms with van der Waals surface area (Å²) < 4.78 is 2.96. The van der Waals surface area contributed by atoms with E-state index in [2.05, 4.69) is 6.58 Å². The molecule has 0 unspecified atom stereocenters. The average Bonchev–Trinajstić information content (AvgIpc) is 2.68. The Kier molecular flexibility index (Phi) is 4.24. The van der Waals surface area contributed by atoms with Crippen LogP contribution < -0.4 is 11.2 Å². The van der Waals surface area contributed by atoms with E-state index in [9.17, 15) is 9.59 Å². The van der Waals surface area contributed by atoms with Crippen LogP contribution in [0.25, 0.3) is 21.7 Å². The predicted molar refractivity (Wildman–Crippen MR) is 110 cm³/mol. The number of hydrogen-bond acceptors (Lipinski definition) is 2. The second-order valence-electron chi connectivity index (χ2n) is 6.87. The molecule has 1 heterocycles. The number of nitrogens with zero attached hydrogens (tertiary/aromatic N) is 2. The molecule has 0 atom stereocenters. The van der Waals surface area contributed by atoms with E-state index in [4.69, 9.17) is 0 Å². The molecule has 0 N–H and O–H groups in total. The van der Waals surface area contributed by atoms with E-state index in [1.807, 2.05) is 67.6 Å². The maximum Gasteiger partial charge on any atom is 0.332 e. The Bertz CT molecular complexity index is 1290. The van der Waals surface area contributed by atoms with E-state index in [1.54, 1.807) is 10.6 Å². The molecule has 4 nitrogen and oxygen atoms in total. The quantitative estimate of drug-likeness (QED) is 0.520.